The van der Waals surface area contributed by atoms with Gasteiger partial charge in [0.15, 0.2) is 0 Å². The van der Waals surface area contributed by atoms with Gasteiger partial charge in [-0.3, -0.25) is 29.0 Å². The average Bonchev–Trinajstić information content (AvgIpc) is 3.02. The predicted octanol–water partition coefficient (Wildman–Crippen LogP) is 3.21. The van der Waals surface area contributed by atoms with Crippen LogP contribution in [0.5, 0.6) is 0 Å². The Balaban J connectivity index is 1.73. The third-order valence-corrected chi connectivity index (χ3v) is 6.47. The van der Waals surface area contributed by atoms with Crippen molar-refractivity contribution in [2.45, 2.75) is 0 Å². The Bertz CT molecular complexity index is 1680. The van der Waals surface area contributed by atoms with Crippen LogP contribution in [0.3, 0.4) is 0 Å². The maximum atomic E-state index is 12.0. The molecule has 13 heteroatoms. The predicted molar refractivity (Wildman–Crippen MR) is 163 cm³/mol. The molecule has 0 aliphatic heterocycles. The molecule has 0 spiro atoms. The quantitative estimate of drug-likeness (QED) is 0.188. The first kappa shape index (κ1) is 28.9. The van der Waals surface area contributed by atoms with Gasteiger partial charge in [0.1, 0.15) is 23.3 Å². The van der Waals surface area contributed by atoms with E-state index >= 15 is 0 Å². The molecule has 0 bridgehead atoms. The number of carbonyl (C=O) groups is 4. The third kappa shape index (κ3) is 6.01. The summed E-state index contributed by atoms with van der Waals surface area (Å²) < 4.78 is 0. The van der Waals surface area contributed by atoms with E-state index in [4.69, 9.17) is 27.9 Å². The van der Waals surface area contributed by atoms with Crippen molar-refractivity contribution in [3.05, 3.63) is 126 Å². The number of nitrogens with two attached hydrogens (primary N) is 4. The average molecular weight is 588 g/mol. The van der Waals surface area contributed by atoms with Crippen LogP contribution < -0.4 is 32.7 Å². The van der Waals surface area contributed by atoms with Crippen LogP contribution in [-0.4, -0.2) is 38.6 Å². The lowest BCUT2D eigenvalue weighted by molar-refractivity contribution is 0.0991. The van der Waals surface area contributed by atoms with Crippen molar-refractivity contribution in [2.24, 2.45) is 22.9 Å². The van der Waals surface area contributed by atoms with E-state index in [2.05, 4.69) is 9.97 Å². The molecule has 2 aromatic carbocycles. The highest BCUT2D eigenvalue weighted by Gasteiger charge is 2.22. The second-order valence-corrected chi connectivity index (χ2v) is 9.39. The molecule has 3 aromatic heterocycles. The second kappa shape index (κ2) is 12.1. The first-order valence-corrected chi connectivity index (χ1v) is 13.0. The molecule has 8 N–H and O–H groups in total. The zero-order valence-electron chi connectivity index (χ0n) is 23.0. The van der Waals surface area contributed by atoms with E-state index in [-0.39, 0.29) is 33.9 Å². The standard InChI is InChI=1S/C31H25N9O4/c32-28(41)18-4-1-6-22(14-18)39(26-16-20(30(34)43)10-12-36-26)24-8-3-9-25(38-24)40(23-7-2-5-19(15-23)29(33)42)27-17-21(31(35)44)11-13-37-27/h1-17H,(H2,32,41)(H2,33,42)(H2,34,43)(H2,35,44). The highest BCUT2D eigenvalue weighted by molar-refractivity contribution is 5.97. The molecule has 5 aromatic rings. The number of benzene rings is 2. The number of hydrogen-bond donors (Lipinski definition) is 4. The zero-order valence-corrected chi connectivity index (χ0v) is 23.0. The van der Waals surface area contributed by atoms with Gasteiger partial charge in [-0.2, -0.15) is 0 Å². The Hall–Kier alpha value is -6.63. The smallest absolute Gasteiger partial charge is 0.248 e. The van der Waals surface area contributed by atoms with Crippen LogP contribution >= 0.6 is 0 Å². The summed E-state index contributed by atoms with van der Waals surface area (Å²) in [6, 6.07) is 23.9. The lowest BCUT2D eigenvalue weighted by Gasteiger charge is -2.27. The van der Waals surface area contributed by atoms with Gasteiger partial charge in [-0.1, -0.05) is 18.2 Å². The van der Waals surface area contributed by atoms with Crippen molar-refractivity contribution < 1.29 is 19.2 Å². The molecule has 3 heterocycles. The topological polar surface area (TPSA) is 218 Å². The molecular weight excluding hydrogens is 562 g/mol. The van der Waals surface area contributed by atoms with Gasteiger partial charge in [-0.25, -0.2) is 15.0 Å². The van der Waals surface area contributed by atoms with E-state index in [0.717, 1.165) is 0 Å². The molecule has 4 amide bonds. The van der Waals surface area contributed by atoms with E-state index in [9.17, 15) is 19.2 Å². The molecule has 0 unspecified atom stereocenters. The molecule has 13 nitrogen and oxygen atoms in total. The van der Waals surface area contributed by atoms with Crippen LogP contribution in [0.4, 0.5) is 34.6 Å². The van der Waals surface area contributed by atoms with Crippen LogP contribution in [0.2, 0.25) is 0 Å². The minimum Gasteiger partial charge on any atom is -0.366 e. The van der Waals surface area contributed by atoms with Crippen LogP contribution in [0, 0.1) is 0 Å². The fourth-order valence-electron chi connectivity index (χ4n) is 4.41. The van der Waals surface area contributed by atoms with Crippen LogP contribution in [-0.2, 0) is 0 Å². The largest absolute Gasteiger partial charge is 0.366 e. The van der Waals surface area contributed by atoms with E-state index in [1.165, 1.54) is 36.7 Å². The summed E-state index contributed by atoms with van der Waals surface area (Å²) in [6.45, 7) is 0. The molecule has 5 rings (SSSR count). The molecule has 44 heavy (non-hydrogen) atoms. The fraction of sp³-hybridized carbons (Fsp3) is 0. The maximum Gasteiger partial charge on any atom is 0.248 e. The summed E-state index contributed by atoms with van der Waals surface area (Å²) in [5, 5.41) is 0. The van der Waals surface area contributed by atoms with Gasteiger partial charge in [0.05, 0.1) is 0 Å². The van der Waals surface area contributed by atoms with E-state index < -0.39 is 23.6 Å². The number of carbonyl (C=O) groups excluding carboxylic acids is 4. The number of amides is 4. The minimum absolute atomic E-state index is 0.194. The van der Waals surface area contributed by atoms with Gasteiger partial charge in [0.25, 0.3) is 0 Å². The molecule has 218 valence electrons. The number of aromatic nitrogens is 3. The molecular formula is C31H25N9O4. The molecule has 0 radical (unpaired) electrons. The van der Waals surface area contributed by atoms with Crippen molar-refractivity contribution in [3.63, 3.8) is 0 Å². The number of hydrogen-bond acceptors (Lipinski definition) is 9. The summed E-state index contributed by atoms with van der Waals surface area (Å²) in [6.07, 6.45) is 2.84. The monoisotopic (exact) mass is 587 g/mol. The number of primary amides is 4. The van der Waals surface area contributed by atoms with Crippen molar-refractivity contribution in [2.75, 3.05) is 9.80 Å². The molecule has 0 atom stereocenters. The Morgan fingerprint density at radius 3 is 1.20 bits per heavy atom. The Morgan fingerprint density at radius 1 is 0.455 bits per heavy atom. The molecule has 0 saturated carbocycles. The maximum absolute atomic E-state index is 12.0. The second-order valence-electron chi connectivity index (χ2n) is 9.39. The number of nitrogens with zero attached hydrogens (tertiary/aromatic N) is 5. The lowest BCUT2D eigenvalue weighted by atomic mass is 10.1. The van der Waals surface area contributed by atoms with Gasteiger partial charge in [0, 0.05) is 46.0 Å². The van der Waals surface area contributed by atoms with Gasteiger partial charge in [0.2, 0.25) is 23.6 Å². The summed E-state index contributed by atoms with van der Waals surface area (Å²) >= 11 is 0. The summed E-state index contributed by atoms with van der Waals surface area (Å²) in [5.41, 5.74) is 23.9. The van der Waals surface area contributed by atoms with Gasteiger partial charge in [-0.15, -0.1) is 0 Å². The van der Waals surface area contributed by atoms with E-state index in [0.29, 0.717) is 23.0 Å². The van der Waals surface area contributed by atoms with Crippen LogP contribution in [0.15, 0.2) is 103 Å². The SMILES string of the molecule is NC(=O)c1cccc(N(c2cc(C(N)=O)ccn2)c2cccc(N(c3cccc(C(N)=O)c3)c3cc(C(N)=O)ccn3)n2)c1. The third-order valence-electron chi connectivity index (χ3n) is 6.47. The lowest BCUT2D eigenvalue weighted by Crippen LogP contribution is -2.20. The van der Waals surface area contributed by atoms with Gasteiger partial charge < -0.3 is 22.9 Å². The number of rotatable bonds is 10. The summed E-state index contributed by atoms with van der Waals surface area (Å²) in [4.78, 5) is 65.1. The van der Waals surface area contributed by atoms with Crippen molar-refractivity contribution in [3.8, 4) is 0 Å². The molecule has 0 saturated heterocycles. The molecule has 0 aliphatic rings. The van der Waals surface area contributed by atoms with Crippen LogP contribution in [0.25, 0.3) is 0 Å². The number of anilines is 6. The molecule has 0 fully saturated rings. The van der Waals surface area contributed by atoms with E-state index in [1.807, 2.05) is 0 Å². The summed E-state index contributed by atoms with van der Waals surface area (Å²) in [5.74, 6) is -1.47. The van der Waals surface area contributed by atoms with Gasteiger partial charge >= 0.3 is 0 Å². The van der Waals surface area contributed by atoms with Crippen molar-refractivity contribution in [1.29, 1.82) is 0 Å². The van der Waals surface area contributed by atoms with Crippen molar-refractivity contribution in [1.82, 2.24) is 15.0 Å². The Morgan fingerprint density at radius 2 is 0.818 bits per heavy atom. The highest BCUT2D eigenvalue weighted by atomic mass is 16.2. The van der Waals surface area contributed by atoms with Crippen LogP contribution in [0.1, 0.15) is 41.4 Å². The minimum atomic E-state index is -0.665. The summed E-state index contributed by atoms with van der Waals surface area (Å²) in [7, 11) is 0. The molecule has 0 aliphatic carbocycles. The first-order chi connectivity index (χ1) is 21.1. The number of pyridine rings is 3. The normalized spacial score (nSPS) is 10.5. The fourth-order valence-corrected chi connectivity index (χ4v) is 4.41. The zero-order chi connectivity index (χ0) is 31.4. The first-order valence-electron chi connectivity index (χ1n) is 13.0. The highest BCUT2D eigenvalue weighted by Crippen LogP contribution is 2.37. The van der Waals surface area contributed by atoms with E-state index in [1.54, 1.807) is 76.5 Å². The Labute approximate surface area is 250 Å². The van der Waals surface area contributed by atoms with Gasteiger partial charge in [-0.05, 0) is 72.8 Å². The van der Waals surface area contributed by atoms with Crippen molar-refractivity contribution >= 4 is 58.3 Å². The Kier molecular flexibility index (Phi) is 7.93.